The maximum atomic E-state index is 6.03. The number of hydrogen-bond acceptors (Lipinski definition) is 7. The summed E-state index contributed by atoms with van der Waals surface area (Å²) in [7, 11) is 0. The molecule has 1 N–H and O–H groups in total. The Labute approximate surface area is 157 Å². The molecule has 26 heavy (non-hydrogen) atoms. The van der Waals surface area contributed by atoms with Gasteiger partial charge in [0.05, 0.1) is 5.52 Å². The highest BCUT2D eigenvalue weighted by Crippen LogP contribution is 2.22. The summed E-state index contributed by atoms with van der Waals surface area (Å²) in [5, 5.41) is 5.09. The minimum atomic E-state index is 0.683. The van der Waals surface area contributed by atoms with Crippen LogP contribution in [0.2, 0.25) is 5.02 Å². The predicted molar refractivity (Wildman–Crippen MR) is 104 cm³/mol. The Morgan fingerprint density at radius 2 is 1.81 bits per heavy atom. The summed E-state index contributed by atoms with van der Waals surface area (Å²) >= 11 is 6.03. The van der Waals surface area contributed by atoms with Gasteiger partial charge < -0.3 is 10.2 Å². The first-order valence-electron chi connectivity index (χ1n) is 8.68. The number of aromatic nitrogens is 4. The van der Waals surface area contributed by atoms with Crippen LogP contribution in [-0.2, 0) is 0 Å². The normalized spacial score (nSPS) is 15.3. The molecular weight excluding hydrogens is 350 g/mol. The van der Waals surface area contributed by atoms with Gasteiger partial charge in [0.15, 0.2) is 0 Å². The third kappa shape index (κ3) is 3.84. The number of nitrogens with one attached hydrogen (secondary N) is 1. The molecule has 0 amide bonds. The molecule has 3 heterocycles. The van der Waals surface area contributed by atoms with Crippen molar-refractivity contribution in [2.75, 3.05) is 49.5 Å². The van der Waals surface area contributed by atoms with E-state index in [0.717, 1.165) is 61.9 Å². The van der Waals surface area contributed by atoms with Crippen molar-refractivity contribution in [2.45, 2.75) is 0 Å². The minimum absolute atomic E-state index is 0.683. The molecule has 1 fully saturated rings. The fourth-order valence-electron chi connectivity index (χ4n) is 3.13. The van der Waals surface area contributed by atoms with E-state index >= 15 is 0 Å². The van der Waals surface area contributed by atoms with Gasteiger partial charge in [0.1, 0.15) is 12.1 Å². The van der Waals surface area contributed by atoms with Gasteiger partial charge in [0, 0.05) is 62.1 Å². The molecule has 0 unspecified atom stereocenters. The molecule has 0 bridgehead atoms. The van der Waals surface area contributed by atoms with Crippen molar-refractivity contribution in [3.8, 4) is 0 Å². The highest BCUT2D eigenvalue weighted by molar-refractivity contribution is 6.31. The van der Waals surface area contributed by atoms with Crippen molar-refractivity contribution in [3.05, 3.63) is 48.0 Å². The molecule has 1 saturated heterocycles. The first kappa shape index (κ1) is 16.9. The highest BCUT2D eigenvalue weighted by atomic mass is 35.5. The quantitative estimate of drug-likeness (QED) is 0.740. The van der Waals surface area contributed by atoms with Crippen LogP contribution in [0.15, 0.2) is 43.0 Å². The molecule has 0 saturated carbocycles. The number of nitrogens with zero attached hydrogens (tertiary/aromatic N) is 6. The second-order valence-corrected chi connectivity index (χ2v) is 6.62. The molecule has 3 aromatic rings. The predicted octanol–water partition coefficient (Wildman–Crippen LogP) is 2.31. The standard InChI is InChI=1S/C18H20ClN7/c19-14-2-3-15-16(12-14)23-13-24-17(15)20-6-7-25-8-10-26(11-9-25)18-21-4-1-5-22-18/h1-5,12-13H,6-11H2,(H,20,23,24). The number of fused-ring (bicyclic) bond motifs is 1. The van der Waals surface area contributed by atoms with E-state index in [1.54, 1.807) is 18.7 Å². The lowest BCUT2D eigenvalue weighted by Gasteiger charge is -2.34. The van der Waals surface area contributed by atoms with Crippen molar-refractivity contribution in [3.63, 3.8) is 0 Å². The summed E-state index contributed by atoms with van der Waals surface area (Å²) < 4.78 is 0. The van der Waals surface area contributed by atoms with E-state index in [0.29, 0.717) is 5.02 Å². The Bertz CT molecular complexity index is 866. The summed E-state index contributed by atoms with van der Waals surface area (Å²) in [5.74, 6) is 1.67. The van der Waals surface area contributed by atoms with Gasteiger partial charge in [0.2, 0.25) is 5.95 Å². The van der Waals surface area contributed by atoms with E-state index in [2.05, 4.69) is 35.1 Å². The highest BCUT2D eigenvalue weighted by Gasteiger charge is 2.18. The van der Waals surface area contributed by atoms with Gasteiger partial charge in [0.25, 0.3) is 0 Å². The third-order valence-corrected chi connectivity index (χ3v) is 4.76. The first-order valence-corrected chi connectivity index (χ1v) is 9.06. The molecule has 0 aliphatic carbocycles. The molecule has 7 nitrogen and oxygen atoms in total. The monoisotopic (exact) mass is 369 g/mol. The molecule has 0 atom stereocenters. The Morgan fingerprint density at radius 1 is 1.00 bits per heavy atom. The maximum absolute atomic E-state index is 6.03. The Balaban J connectivity index is 1.30. The van der Waals surface area contributed by atoms with Crippen molar-refractivity contribution in [1.29, 1.82) is 0 Å². The molecule has 0 radical (unpaired) electrons. The second kappa shape index (κ2) is 7.80. The minimum Gasteiger partial charge on any atom is -0.368 e. The number of benzene rings is 1. The largest absolute Gasteiger partial charge is 0.368 e. The smallest absolute Gasteiger partial charge is 0.225 e. The Hall–Kier alpha value is -2.51. The Morgan fingerprint density at radius 3 is 2.62 bits per heavy atom. The fraction of sp³-hybridized carbons (Fsp3) is 0.333. The van der Waals surface area contributed by atoms with Crippen molar-refractivity contribution in [2.24, 2.45) is 0 Å². The van der Waals surface area contributed by atoms with E-state index in [1.807, 2.05) is 24.3 Å². The third-order valence-electron chi connectivity index (χ3n) is 4.53. The van der Waals surface area contributed by atoms with Gasteiger partial charge in [-0.2, -0.15) is 0 Å². The lowest BCUT2D eigenvalue weighted by Crippen LogP contribution is -2.48. The van der Waals surface area contributed by atoms with E-state index in [-0.39, 0.29) is 0 Å². The molecular formula is C18H20ClN7. The van der Waals surface area contributed by atoms with E-state index in [1.165, 1.54) is 0 Å². The fourth-order valence-corrected chi connectivity index (χ4v) is 3.30. The van der Waals surface area contributed by atoms with Gasteiger partial charge in [-0.1, -0.05) is 11.6 Å². The van der Waals surface area contributed by atoms with Gasteiger partial charge >= 0.3 is 0 Å². The number of rotatable bonds is 5. The average Bonchev–Trinajstić information content (AvgIpc) is 2.69. The molecule has 8 heteroatoms. The molecule has 1 aliphatic heterocycles. The molecule has 0 spiro atoms. The SMILES string of the molecule is Clc1ccc2c(NCCN3CCN(c4ncccn4)CC3)ncnc2c1. The van der Waals surface area contributed by atoms with Crippen LogP contribution in [0, 0.1) is 0 Å². The summed E-state index contributed by atoms with van der Waals surface area (Å²) in [4.78, 5) is 22.0. The van der Waals surface area contributed by atoms with E-state index < -0.39 is 0 Å². The molecule has 134 valence electrons. The van der Waals surface area contributed by atoms with Crippen LogP contribution in [0.25, 0.3) is 10.9 Å². The average molecular weight is 370 g/mol. The second-order valence-electron chi connectivity index (χ2n) is 6.19. The summed E-state index contributed by atoms with van der Waals surface area (Å²) in [5.41, 5.74) is 0.853. The van der Waals surface area contributed by atoms with Crippen LogP contribution in [0.4, 0.5) is 11.8 Å². The zero-order valence-corrected chi connectivity index (χ0v) is 15.1. The van der Waals surface area contributed by atoms with Gasteiger partial charge in [-0.05, 0) is 24.3 Å². The maximum Gasteiger partial charge on any atom is 0.225 e. The number of piperazine rings is 1. The lowest BCUT2D eigenvalue weighted by atomic mass is 10.2. The van der Waals surface area contributed by atoms with Crippen LogP contribution < -0.4 is 10.2 Å². The van der Waals surface area contributed by atoms with Crippen LogP contribution >= 0.6 is 11.6 Å². The van der Waals surface area contributed by atoms with Crippen LogP contribution in [0.5, 0.6) is 0 Å². The number of anilines is 2. The van der Waals surface area contributed by atoms with Crippen LogP contribution in [0.3, 0.4) is 0 Å². The lowest BCUT2D eigenvalue weighted by molar-refractivity contribution is 0.266. The van der Waals surface area contributed by atoms with Crippen molar-refractivity contribution in [1.82, 2.24) is 24.8 Å². The number of hydrogen-bond donors (Lipinski definition) is 1. The van der Waals surface area contributed by atoms with E-state index in [9.17, 15) is 0 Å². The summed E-state index contributed by atoms with van der Waals surface area (Å²) in [6.45, 7) is 5.68. The zero-order chi connectivity index (χ0) is 17.8. The van der Waals surface area contributed by atoms with Crippen LogP contribution in [0.1, 0.15) is 0 Å². The van der Waals surface area contributed by atoms with Gasteiger partial charge in [-0.25, -0.2) is 19.9 Å². The zero-order valence-electron chi connectivity index (χ0n) is 14.3. The van der Waals surface area contributed by atoms with Gasteiger partial charge in [-0.3, -0.25) is 4.90 Å². The van der Waals surface area contributed by atoms with Crippen LogP contribution in [-0.4, -0.2) is 64.1 Å². The molecule has 1 aromatic carbocycles. The summed E-state index contributed by atoms with van der Waals surface area (Å²) in [6, 6.07) is 7.52. The molecule has 1 aliphatic rings. The van der Waals surface area contributed by atoms with E-state index in [4.69, 9.17) is 11.6 Å². The molecule has 2 aromatic heterocycles. The molecule has 4 rings (SSSR count). The van der Waals surface area contributed by atoms with Crippen molar-refractivity contribution < 1.29 is 0 Å². The number of halogens is 1. The topological polar surface area (TPSA) is 70.1 Å². The summed E-state index contributed by atoms with van der Waals surface area (Å²) in [6.07, 6.45) is 5.15. The van der Waals surface area contributed by atoms with Gasteiger partial charge in [-0.15, -0.1) is 0 Å². The Kier molecular flexibility index (Phi) is 5.08. The van der Waals surface area contributed by atoms with Crippen molar-refractivity contribution >= 4 is 34.3 Å². The first-order chi connectivity index (χ1) is 12.8.